The summed E-state index contributed by atoms with van der Waals surface area (Å²) in [6.45, 7) is 7.66. The Morgan fingerprint density at radius 1 is 1.29 bits per heavy atom. The minimum atomic E-state index is -0.761. The monoisotopic (exact) mass is 302 g/mol. The van der Waals surface area contributed by atoms with E-state index in [0.29, 0.717) is 32.0 Å². The molecule has 0 aromatic heterocycles. The molecule has 0 fully saturated rings. The quantitative estimate of drug-likeness (QED) is 0.614. The molecule has 2 N–H and O–H groups in total. The standard InChI is InChI=1S/C15H30N2O4/c1-5-13(7-8-14(18)19)9-10-16-15(20)17(6-2)12(3)11-21-4/h12-13H,5-11H2,1-4H3,(H,16,20)(H,18,19). The van der Waals surface area contributed by atoms with Crippen LogP contribution in [-0.2, 0) is 9.53 Å². The van der Waals surface area contributed by atoms with Crippen molar-refractivity contribution >= 4 is 12.0 Å². The Labute approximate surface area is 127 Å². The maximum Gasteiger partial charge on any atom is 0.317 e. The Bertz CT molecular complexity index is 310. The third kappa shape index (κ3) is 8.55. The number of hydrogen-bond donors (Lipinski definition) is 2. The number of carbonyl (C=O) groups is 2. The van der Waals surface area contributed by atoms with Crippen LogP contribution in [0.15, 0.2) is 0 Å². The van der Waals surface area contributed by atoms with Crippen LogP contribution in [0.2, 0.25) is 0 Å². The van der Waals surface area contributed by atoms with Gasteiger partial charge in [0.25, 0.3) is 0 Å². The molecule has 0 radical (unpaired) electrons. The van der Waals surface area contributed by atoms with Crippen molar-refractivity contribution in [2.45, 2.75) is 52.5 Å². The van der Waals surface area contributed by atoms with Crippen molar-refractivity contribution in [1.29, 1.82) is 0 Å². The average Bonchev–Trinajstić information content (AvgIpc) is 2.43. The molecule has 0 aromatic carbocycles. The molecule has 0 aliphatic carbocycles. The number of likely N-dealkylation sites (N-methyl/N-ethyl adjacent to an activating group) is 1. The van der Waals surface area contributed by atoms with Crippen molar-refractivity contribution in [3.63, 3.8) is 0 Å². The molecule has 0 heterocycles. The van der Waals surface area contributed by atoms with E-state index in [0.717, 1.165) is 12.8 Å². The van der Waals surface area contributed by atoms with Crippen LogP contribution in [-0.4, -0.2) is 54.9 Å². The zero-order valence-corrected chi connectivity index (χ0v) is 13.7. The Kier molecular flexibility index (Phi) is 10.7. The largest absolute Gasteiger partial charge is 0.481 e. The molecule has 6 nitrogen and oxygen atoms in total. The van der Waals surface area contributed by atoms with Gasteiger partial charge in [-0.25, -0.2) is 4.79 Å². The molecular weight excluding hydrogens is 272 g/mol. The molecular formula is C15H30N2O4. The fourth-order valence-electron chi connectivity index (χ4n) is 2.35. The first-order valence-electron chi connectivity index (χ1n) is 7.71. The number of urea groups is 1. The van der Waals surface area contributed by atoms with E-state index >= 15 is 0 Å². The molecule has 124 valence electrons. The number of amides is 2. The highest BCUT2D eigenvalue weighted by molar-refractivity contribution is 5.74. The highest BCUT2D eigenvalue weighted by Gasteiger charge is 2.18. The summed E-state index contributed by atoms with van der Waals surface area (Å²) < 4.78 is 5.07. The van der Waals surface area contributed by atoms with Gasteiger partial charge in [-0.3, -0.25) is 4.79 Å². The zero-order chi connectivity index (χ0) is 16.3. The smallest absolute Gasteiger partial charge is 0.317 e. The molecule has 2 amide bonds. The number of aliphatic carboxylic acids is 1. The molecule has 0 saturated heterocycles. The highest BCUT2D eigenvalue weighted by Crippen LogP contribution is 2.14. The molecule has 0 saturated carbocycles. The van der Waals surface area contributed by atoms with Gasteiger partial charge in [0.2, 0.25) is 0 Å². The number of carboxylic acids is 1. The van der Waals surface area contributed by atoms with Gasteiger partial charge >= 0.3 is 12.0 Å². The predicted octanol–water partition coefficient (Wildman–Crippen LogP) is 2.33. The molecule has 0 rings (SSSR count). The number of methoxy groups -OCH3 is 1. The summed E-state index contributed by atoms with van der Waals surface area (Å²) >= 11 is 0. The average molecular weight is 302 g/mol. The summed E-state index contributed by atoms with van der Waals surface area (Å²) in [6.07, 6.45) is 2.60. The Morgan fingerprint density at radius 2 is 1.95 bits per heavy atom. The van der Waals surface area contributed by atoms with Crippen molar-refractivity contribution < 1.29 is 19.4 Å². The second-order valence-corrected chi connectivity index (χ2v) is 5.32. The lowest BCUT2D eigenvalue weighted by Crippen LogP contribution is -2.47. The summed E-state index contributed by atoms with van der Waals surface area (Å²) in [4.78, 5) is 24.4. The van der Waals surface area contributed by atoms with Crippen LogP contribution in [0.1, 0.15) is 46.5 Å². The van der Waals surface area contributed by atoms with Crippen LogP contribution < -0.4 is 5.32 Å². The Morgan fingerprint density at radius 3 is 2.43 bits per heavy atom. The van der Waals surface area contributed by atoms with Gasteiger partial charge in [0.05, 0.1) is 12.6 Å². The number of nitrogens with zero attached hydrogens (tertiary/aromatic N) is 1. The first-order valence-corrected chi connectivity index (χ1v) is 7.71. The van der Waals surface area contributed by atoms with Crippen molar-refractivity contribution in [1.82, 2.24) is 10.2 Å². The number of ether oxygens (including phenoxy) is 1. The van der Waals surface area contributed by atoms with Gasteiger partial charge in [-0.05, 0) is 32.6 Å². The fraction of sp³-hybridized carbons (Fsp3) is 0.867. The van der Waals surface area contributed by atoms with Crippen molar-refractivity contribution in [3.05, 3.63) is 0 Å². The van der Waals surface area contributed by atoms with Crippen LogP contribution in [0.3, 0.4) is 0 Å². The second kappa shape index (κ2) is 11.4. The van der Waals surface area contributed by atoms with Crippen LogP contribution >= 0.6 is 0 Å². The normalized spacial score (nSPS) is 13.5. The zero-order valence-electron chi connectivity index (χ0n) is 13.7. The maximum absolute atomic E-state index is 12.1. The second-order valence-electron chi connectivity index (χ2n) is 5.32. The van der Waals surface area contributed by atoms with Gasteiger partial charge in [-0.1, -0.05) is 13.3 Å². The van der Waals surface area contributed by atoms with Crippen LogP contribution in [0.5, 0.6) is 0 Å². The lowest BCUT2D eigenvalue weighted by molar-refractivity contribution is -0.137. The minimum absolute atomic E-state index is 0.0361. The molecule has 21 heavy (non-hydrogen) atoms. The summed E-state index contributed by atoms with van der Waals surface area (Å²) in [5.74, 6) is -0.420. The molecule has 0 spiro atoms. The first kappa shape index (κ1) is 19.7. The summed E-state index contributed by atoms with van der Waals surface area (Å²) in [5, 5.41) is 11.6. The third-order valence-electron chi connectivity index (χ3n) is 3.71. The van der Waals surface area contributed by atoms with E-state index in [4.69, 9.17) is 9.84 Å². The highest BCUT2D eigenvalue weighted by atomic mass is 16.5. The molecule has 0 aliphatic rings. The summed E-state index contributed by atoms with van der Waals surface area (Å²) in [7, 11) is 1.62. The Balaban J connectivity index is 4.11. The summed E-state index contributed by atoms with van der Waals surface area (Å²) in [5.41, 5.74) is 0. The van der Waals surface area contributed by atoms with E-state index in [1.165, 1.54) is 0 Å². The predicted molar refractivity (Wildman–Crippen MR) is 82.4 cm³/mol. The fourth-order valence-corrected chi connectivity index (χ4v) is 2.35. The number of carbonyl (C=O) groups excluding carboxylic acids is 1. The molecule has 0 aromatic rings. The van der Waals surface area contributed by atoms with E-state index < -0.39 is 5.97 Å². The van der Waals surface area contributed by atoms with Gasteiger partial charge in [-0.2, -0.15) is 0 Å². The van der Waals surface area contributed by atoms with Crippen molar-refractivity contribution in [2.75, 3.05) is 26.8 Å². The number of carboxylic acid groups (broad SMARTS) is 1. The molecule has 0 aliphatic heterocycles. The van der Waals surface area contributed by atoms with Gasteiger partial charge in [0.1, 0.15) is 0 Å². The van der Waals surface area contributed by atoms with E-state index in [1.807, 2.05) is 20.8 Å². The van der Waals surface area contributed by atoms with Crippen LogP contribution in [0.25, 0.3) is 0 Å². The topological polar surface area (TPSA) is 78.9 Å². The maximum atomic E-state index is 12.1. The Hall–Kier alpha value is -1.30. The van der Waals surface area contributed by atoms with Crippen molar-refractivity contribution in [2.24, 2.45) is 5.92 Å². The SMILES string of the molecule is CCC(CCNC(=O)N(CC)C(C)COC)CCC(=O)O. The van der Waals surface area contributed by atoms with Gasteiger partial charge in [0.15, 0.2) is 0 Å². The van der Waals surface area contributed by atoms with E-state index in [9.17, 15) is 9.59 Å². The van der Waals surface area contributed by atoms with E-state index in [-0.39, 0.29) is 18.5 Å². The number of nitrogens with one attached hydrogen (secondary N) is 1. The van der Waals surface area contributed by atoms with Gasteiger partial charge in [-0.15, -0.1) is 0 Å². The van der Waals surface area contributed by atoms with Gasteiger partial charge < -0.3 is 20.1 Å². The first-order chi connectivity index (χ1) is 9.96. The lowest BCUT2D eigenvalue weighted by Gasteiger charge is -2.28. The van der Waals surface area contributed by atoms with Gasteiger partial charge in [0, 0.05) is 26.6 Å². The van der Waals surface area contributed by atoms with E-state index in [2.05, 4.69) is 5.32 Å². The number of rotatable bonds is 11. The van der Waals surface area contributed by atoms with Crippen molar-refractivity contribution in [3.8, 4) is 0 Å². The summed E-state index contributed by atoms with van der Waals surface area (Å²) in [6, 6.07) is -0.0517. The van der Waals surface area contributed by atoms with Crippen LogP contribution in [0, 0.1) is 5.92 Å². The lowest BCUT2D eigenvalue weighted by atomic mass is 9.97. The molecule has 2 atom stereocenters. The minimum Gasteiger partial charge on any atom is -0.481 e. The third-order valence-corrected chi connectivity index (χ3v) is 3.71. The molecule has 0 bridgehead atoms. The van der Waals surface area contributed by atoms with E-state index in [1.54, 1.807) is 12.0 Å². The molecule has 2 unspecified atom stereocenters. The molecule has 6 heteroatoms. The number of hydrogen-bond acceptors (Lipinski definition) is 3. The van der Waals surface area contributed by atoms with Crippen LogP contribution in [0.4, 0.5) is 4.79 Å².